The zero-order valence-electron chi connectivity index (χ0n) is 16.8. The van der Waals surface area contributed by atoms with Crippen molar-refractivity contribution in [3.63, 3.8) is 0 Å². The van der Waals surface area contributed by atoms with E-state index < -0.39 is 10.0 Å². The summed E-state index contributed by atoms with van der Waals surface area (Å²) in [5, 5.41) is 0. The molecule has 0 radical (unpaired) electrons. The third-order valence-corrected chi connectivity index (χ3v) is 7.21. The van der Waals surface area contributed by atoms with E-state index in [1.165, 1.54) is 37.1 Å². The maximum atomic E-state index is 13.0. The van der Waals surface area contributed by atoms with Crippen LogP contribution in [0.15, 0.2) is 52.3 Å². The van der Waals surface area contributed by atoms with Crippen molar-refractivity contribution in [1.29, 1.82) is 0 Å². The van der Waals surface area contributed by atoms with Crippen LogP contribution in [0.3, 0.4) is 0 Å². The number of likely N-dealkylation sites (tertiary alicyclic amines) is 1. The summed E-state index contributed by atoms with van der Waals surface area (Å²) in [6.07, 6.45) is 3.81. The topological polar surface area (TPSA) is 75.7 Å². The molecular weight excluding hydrogens is 408 g/mol. The number of anilines is 1. The smallest absolute Gasteiger partial charge is 0.261 e. The number of sulfonamides is 1. The average molecular weight is 435 g/mol. The van der Waals surface area contributed by atoms with Gasteiger partial charge in [-0.25, -0.2) is 8.42 Å². The van der Waals surface area contributed by atoms with Crippen molar-refractivity contribution < 1.29 is 17.9 Å². The molecule has 3 rings (SSSR count). The highest BCUT2D eigenvalue weighted by atomic mass is 32.2. The maximum absolute atomic E-state index is 13.0. The van der Waals surface area contributed by atoms with Gasteiger partial charge in [0.1, 0.15) is 5.75 Å². The van der Waals surface area contributed by atoms with Crippen molar-refractivity contribution in [2.24, 2.45) is 5.92 Å². The van der Waals surface area contributed by atoms with Crippen LogP contribution in [-0.4, -0.2) is 45.7 Å². The van der Waals surface area contributed by atoms with E-state index in [0.717, 1.165) is 17.7 Å². The molecule has 1 heterocycles. The Balaban J connectivity index is 1.89. The van der Waals surface area contributed by atoms with Crippen molar-refractivity contribution in [3.8, 4) is 5.75 Å². The molecule has 0 aromatic heterocycles. The van der Waals surface area contributed by atoms with Crippen molar-refractivity contribution >= 4 is 33.4 Å². The van der Waals surface area contributed by atoms with Crippen molar-refractivity contribution in [3.05, 3.63) is 48.0 Å². The van der Waals surface area contributed by atoms with Gasteiger partial charge in [0.05, 0.1) is 17.6 Å². The molecular formula is C21H26N2O4S2. The highest BCUT2D eigenvalue weighted by molar-refractivity contribution is 7.98. The molecule has 6 nitrogen and oxygen atoms in total. The van der Waals surface area contributed by atoms with Gasteiger partial charge in [0, 0.05) is 23.7 Å². The van der Waals surface area contributed by atoms with E-state index in [9.17, 15) is 13.2 Å². The van der Waals surface area contributed by atoms with Gasteiger partial charge >= 0.3 is 0 Å². The van der Waals surface area contributed by atoms with Gasteiger partial charge in [-0.05, 0) is 61.4 Å². The first-order valence-corrected chi connectivity index (χ1v) is 12.2. The monoisotopic (exact) mass is 434 g/mol. The molecule has 2 aromatic carbocycles. The fraction of sp³-hybridized carbons (Fsp3) is 0.381. The van der Waals surface area contributed by atoms with Gasteiger partial charge in [0.25, 0.3) is 15.9 Å². The van der Waals surface area contributed by atoms with Gasteiger partial charge < -0.3 is 9.64 Å². The van der Waals surface area contributed by atoms with Crippen LogP contribution in [0.5, 0.6) is 5.75 Å². The molecule has 1 N–H and O–H groups in total. The number of hydrogen-bond donors (Lipinski definition) is 1. The van der Waals surface area contributed by atoms with E-state index in [1.807, 2.05) is 12.3 Å². The third-order valence-electron chi connectivity index (χ3n) is 5.10. The second-order valence-corrected chi connectivity index (χ2v) is 9.74. The van der Waals surface area contributed by atoms with Gasteiger partial charge in [-0.2, -0.15) is 0 Å². The fourth-order valence-corrected chi connectivity index (χ4v) is 4.84. The molecule has 0 bridgehead atoms. The van der Waals surface area contributed by atoms with E-state index >= 15 is 0 Å². The lowest BCUT2D eigenvalue weighted by Gasteiger charge is -2.30. The predicted octanol–water partition coefficient (Wildman–Crippen LogP) is 4.09. The largest absolute Gasteiger partial charge is 0.496 e. The normalized spacial score (nSPS) is 15.2. The van der Waals surface area contributed by atoms with Gasteiger partial charge in [0.2, 0.25) is 0 Å². The van der Waals surface area contributed by atoms with E-state index in [1.54, 1.807) is 23.1 Å². The SMILES string of the molecule is COc1ccc(S(=O)(=O)Nc2cccc(SC)c2)cc1C(=O)N1CCC(C)CC1. The molecule has 1 saturated heterocycles. The lowest BCUT2D eigenvalue weighted by atomic mass is 9.98. The maximum Gasteiger partial charge on any atom is 0.261 e. The third kappa shape index (κ3) is 5.05. The average Bonchev–Trinajstić information content (AvgIpc) is 2.73. The van der Waals surface area contributed by atoms with E-state index in [-0.39, 0.29) is 16.4 Å². The van der Waals surface area contributed by atoms with Crippen LogP contribution in [-0.2, 0) is 10.0 Å². The van der Waals surface area contributed by atoms with Crippen LogP contribution in [0.25, 0.3) is 0 Å². The lowest BCUT2D eigenvalue weighted by molar-refractivity contribution is 0.0693. The minimum absolute atomic E-state index is 0.0292. The molecule has 0 spiro atoms. The summed E-state index contributed by atoms with van der Waals surface area (Å²) in [5.41, 5.74) is 0.744. The Morgan fingerprint density at radius 3 is 2.55 bits per heavy atom. The zero-order valence-corrected chi connectivity index (χ0v) is 18.5. The Hall–Kier alpha value is -2.19. The lowest BCUT2D eigenvalue weighted by Crippen LogP contribution is -2.38. The van der Waals surface area contributed by atoms with Gasteiger partial charge in [-0.15, -0.1) is 11.8 Å². The van der Waals surface area contributed by atoms with Gasteiger partial charge in [0.15, 0.2) is 0 Å². The van der Waals surface area contributed by atoms with Gasteiger partial charge in [-0.1, -0.05) is 13.0 Å². The molecule has 1 fully saturated rings. The Morgan fingerprint density at radius 1 is 1.17 bits per heavy atom. The Kier molecular flexibility index (Phi) is 6.74. The summed E-state index contributed by atoms with van der Waals surface area (Å²) in [6.45, 7) is 3.51. The molecule has 29 heavy (non-hydrogen) atoms. The van der Waals surface area contributed by atoms with E-state index in [2.05, 4.69) is 11.6 Å². The number of hydrogen-bond acceptors (Lipinski definition) is 5. The minimum atomic E-state index is -3.84. The number of thioether (sulfide) groups is 1. The summed E-state index contributed by atoms with van der Waals surface area (Å²) in [4.78, 5) is 15.8. The summed E-state index contributed by atoms with van der Waals surface area (Å²) < 4.78 is 33.7. The molecule has 0 atom stereocenters. The van der Waals surface area contributed by atoms with Crippen molar-refractivity contribution in [1.82, 2.24) is 4.90 Å². The van der Waals surface area contributed by atoms with Crippen LogP contribution < -0.4 is 9.46 Å². The summed E-state index contributed by atoms with van der Waals surface area (Å²) in [7, 11) is -2.37. The number of carbonyl (C=O) groups excluding carboxylic acids is 1. The molecule has 0 saturated carbocycles. The highest BCUT2D eigenvalue weighted by Crippen LogP contribution is 2.28. The molecule has 2 aromatic rings. The number of piperidine rings is 1. The molecule has 1 amide bonds. The number of benzene rings is 2. The summed E-state index contributed by atoms with van der Waals surface area (Å²) in [6, 6.07) is 11.6. The molecule has 8 heteroatoms. The minimum Gasteiger partial charge on any atom is -0.496 e. The predicted molar refractivity (Wildman–Crippen MR) is 116 cm³/mol. The number of rotatable bonds is 6. The van der Waals surface area contributed by atoms with Crippen LogP contribution >= 0.6 is 11.8 Å². The quantitative estimate of drug-likeness (QED) is 0.693. The van der Waals surface area contributed by atoms with Crippen LogP contribution in [0, 0.1) is 5.92 Å². The number of amides is 1. The second kappa shape index (κ2) is 9.09. The number of methoxy groups -OCH3 is 1. The number of nitrogens with zero attached hydrogens (tertiary/aromatic N) is 1. The van der Waals surface area contributed by atoms with Crippen LogP contribution in [0.4, 0.5) is 5.69 Å². The molecule has 0 aliphatic carbocycles. The molecule has 156 valence electrons. The van der Waals surface area contributed by atoms with Crippen molar-refractivity contribution in [2.45, 2.75) is 29.6 Å². The fourth-order valence-electron chi connectivity index (χ4n) is 3.30. The number of ether oxygens (including phenoxy) is 1. The molecule has 1 aliphatic rings. The number of nitrogens with one attached hydrogen (secondary N) is 1. The van der Waals surface area contributed by atoms with E-state index in [0.29, 0.717) is 30.4 Å². The summed E-state index contributed by atoms with van der Waals surface area (Å²) in [5.74, 6) is 0.765. The second-order valence-electron chi connectivity index (χ2n) is 7.17. The standard InChI is InChI=1S/C21H26N2O4S2/c1-15-9-11-23(12-10-15)21(24)19-14-18(7-8-20(19)27-2)29(25,26)22-16-5-4-6-17(13-16)28-3/h4-8,13-15,22H,9-12H2,1-3H3. The Morgan fingerprint density at radius 2 is 1.90 bits per heavy atom. The Bertz CT molecular complexity index is 984. The van der Waals surface area contributed by atoms with Crippen LogP contribution in [0.1, 0.15) is 30.1 Å². The first-order chi connectivity index (χ1) is 13.8. The highest BCUT2D eigenvalue weighted by Gasteiger charge is 2.26. The molecule has 0 unspecified atom stereocenters. The zero-order chi connectivity index (χ0) is 21.0. The van der Waals surface area contributed by atoms with E-state index in [4.69, 9.17) is 4.74 Å². The Labute approximate surface area is 176 Å². The first-order valence-electron chi connectivity index (χ1n) is 9.48. The van der Waals surface area contributed by atoms with Gasteiger partial charge in [-0.3, -0.25) is 9.52 Å². The molecule has 1 aliphatic heterocycles. The summed E-state index contributed by atoms with van der Waals surface area (Å²) >= 11 is 1.53. The number of carbonyl (C=O) groups is 1. The van der Waals surface area contributed by atoms with Crippen molar-refractivity contribution in [2.75, 3.05) is 31.2 Å². The first kappa shape index (κ1) is 21.5. The van der Waals surface area contributed by atoms with Crippen LogP contribution in [0.2, 0.25) is 0 Å².